The van der Waals surface area contributed by atoms with Crippen molar-refractivity contribution in [1.29, 1.82) is 0 Å². The van der Waals surface area contributed by atoms with Crippen molar-refractivity contribution in [3.05, 3.63) is 78.0 Å². The number of nitrogen functional groups attached to an aromatic ring is 1. The number of anilines is 1. The molecule has 1 aromatic heterocycles. The Kier molecular flexibility index (Phi) is 4.95. The van der Waals surface area contributed by atoms with Gasteiger partial charge in [-0.2, -0.15) is 0 Å². The van der Waals surface area contributed by atoms with E-state index in [1.165, 1.54) is 7.11 Å². The van der Waals surface area contributed by atoms with Gasteiger partial charge in [-0.1, -0.05) is 42.5 Å². The van der Waals surface area contributed by atoms with Crippen LogP contribution in [-0.4, -0.2) is 18.1 Å². The van der Waals surface area contributed by atoms with E-state index >= 15 is 0 Å². The molecule has 0 saturated heterocycles. The van der Waals surface area contributed by atoms with Crippen LogP contribution in [0.1, 0.15) is 15.9 Å². The van der Waals surface area contributed by atoms with Crippen molar-refractivity contribution in [3.8, 4) is 16.9 Å². The van der Waals surface area contributed by atoms with Gasteiger partial charge < -0.3 is 15.2 Å². The third-order valence-electron chi connectivity index (χ3n) is 3.76. The van der Waals surface area contributed by atoms with E-state index < -0.39 is 0 Å². The van der Waals surface area contributed by atoms with Gasteiger partial charge in [0, 0.05) is 11.8 Å². The molecule has 3 aromatic rings. The number of carbonyl (C=O) groups is 1. The van der Waals surface area contributed by atoms with Crippen molar-refractivity contribution in [3.63, 3.8) is 0 Å². The summed E-state index contributed by atoms with van der Waals surface area (Å²) < 4.78 is 10.5. The smallest absolute Gasteiger partial charge is 0.337 e. The number of hydrogen-bond donors (Lipinski definition) is 1. The van der Waals surface area contributed by atoms with E-state index in [-0.39, 0.29) is 5.97 Å². The number of esters is 1. The van der Waals surface area contributed by atoms with Crippen molar-refractivity contribution < 1.29 is 14.3 Å². The Bertz CT molecular complexity index is 862. The Morgan fingerprint density at radius 3 is 2.44 bits per heavy atom. The Morgan fingerprint density at radius 2 is 1.76 bits per heavy atom. The standard InChI is InChI=1S/C20H18N2O3/c1-24-20(23)16-9-7-15(8-10-16)17-11-18(19(21)22-12-17)25-13-14-5-3-2-4-6-14/h2-12H,13H2,1H3,(H2,21,22). The number of ether oxygens (including phenoxy) is 2. The molecule has 0 aliphatic heterocycles. The predicted molar refractivity (Wildman–Crippen MR) is 96.2 cm³/mol. The minimum absolute atomic E-state index is 0.339. The van der Waals surface area contributed by atoms with E-state index in [0.29, 0.717) is 23.7 Å². The van der Waals surface area contributed by atoms with E-state index in [4.69, 9.17) is 15.2 Å². The Hall–Kier alpha value is -3.34. The van der Waals surface area contributed by atoms with Crippen LogP contribution < -0.4 is 10.5 Å². The topological polar surface area (TPSA) is 74.4 Å². The molecule has 0 unspecified atom stereocenters. The molecule has 126 valence electrons. The van der Waals surface area contributed by atoms with Crippen molar-refractivity contribution in [2.24, 2.45) is 0 Å². The molecule has 0 aliphatic carbocycles. The zero-order chi connectivity index (χ0) is 17.6. The summed E-state index contributed by atoms with van der Waals surface area (Å²) in [6.45, 7) is 0.414. The number of nitrogens with two attached hydrogens (primary N) is 1. The van der Waals surface area contributed by atoms with Gasteiger partial charge in [0.2, 0.25) is 0 Å². The van der Waals surface area contributed by atoms with Crippen LogP contribution in [0.4, 0.5) is 5.82 Å². The van der Waals surface area contributed by atoms with Gasteiger partial charge in [-0.3, -0.25) is 0 Å². The highest BCUT2D eigenvalue weighted by molar-refractivity contribution is 5.90. The first-order valence-corrected chi connectivity index (χ1v) is 7.78. The van der Waals surface area contributed by atoms with Gasteiger partial charge in [0.05, 0.1) is 12.7 Å². The molecule has 0 atom stereocenters. The van der Waals surface area contributed by atoms with Crippen LogP contribution in [0.25, 0.3) is 11.1 Å². The van der Waals surface area contributed by atoms with Gasteiger partial charge in [-0.05, 0) is 29.3 Å². The number of nitrogens with zero attached hydrogens (tertiary/aromatic N) is 1. The fourth-order valence-corrected chi connectivity index (χ4v) is 2.38. The number of hydrogen-bond acceptors (Lipinski definition) is 5. The zero-order valence-electron chi connectivity index (χ0n) is 13.8. The first-order chi connectivity index (χ1) is 12.2. The molecule has 0 aliphatic rings. The Balaban J connectivity index is 1.80. The highest BCUT2D eigenvalue weighted by Crippen LogP contribution is 2.28. The van der Waals surface area contributed by atoms with Crippen molar-refractivity contribution in [2.45, 2.75) is 6.61 Å². The molecule has 5 heteroatoms. The monoisotopic (exact) mass is 334 g/mol. The molecule has 2 N–H and O–H groups in total. The molecule has 25 heavy (non-hydrogen) atoms. The molecule has 0 fully saturated rings. The summed E-state index contributed by atoms with van der Waals surface area (Å²) in [7, 11) is 1.36. The SMILES string of the molecule is COC(=O)c1ccc(-c2cnc(N)c(OCc3ccccc3)c2)cc1. The first kappa shape index (κ1) is 16.5. The number of benzene rings is 2. The van der Waals surface area contributed by atoms with Gasteiger partial charge in [-0.15, -0.1) is 0 Å². The van der Waals surface area contributed by atoms with Crippen molar-refractivity contribution in [2.75, 3.05) is 12.8 Å². The second kappa shape index (κ2) is 7.49. The van der Waals surface area contributed by atoms with Crippen LogP contribution in [0.3, 0.4) is 0 Å². The van der Waals surface area contributed by atoms with Gasteiger partial charge in [0.25, 0.3) is 0 Å². The Morgan fingerprint density at radius 1 is 1.04 bits per heavy atom. The molecule has 0 amide bonds. The van der Waals surface area contributed by atoms with Crippen LogP contribution >= 0.6 is 0 Å². The van der Waals surface area contributed by atoms with E-state index in [2.05, 4.69) is 4.98 Å². The number of aromatic nitrogens is 1. The number of rotatable bonds is 5. The molecule has 3 rings (SSSR count). The molecular weight excluding hydrogens is 316 g/mol. The summed E-state index contributed by atoms with van der Waals surface area (Å²) in [5.74, 6) is 0.498. The van der Waals surface area contributed by atoms with E-state index in [1.807, 2.05) is 48.5 Å². The quantitative estimate of drug-likeness (QED) is 0.720. The summed E-state index contributed by atoms with van der Waals surface area (Å²) in [5, 5.41) is 0. The lowest BCUT2D eigenvalue weighted by molar-refractivity contribution is 0.0601. The van der Waals surface area contributed by atoms with Crippen LogP contribution in [-0.2, 0) is 11.3 Å². The first-order valence-electron chi connectivity index (χ1n) is 7.78. The van der Waals surface area contributed by atoms with Crippen molar-refractivity contribution >= 4 is 11.8 Å². The van der Waals surface area contributed by atoms with Gasteiger partial charge in [0.15, 0.2) is 11.6 Å². The molecule has 0 spiro atoms. The lowest BCUT2D eigenvalue weighted by Crippen LogP contribution is -2.01. The summed E-state index contributed by atoms with van der Waals surface area (Å²) in [6.07, 6.45) is 1.68. The highest BCUT2D eigenvalue weighted by Gasteiger charge is 2.08. The highest BCUT2D eigenvalue weighted by atomic mass is 16.5. The molecular formula is C20H18N2O3. The maximum absolute atomic E-state index is 11.5. The second-order valence-electron chi connectivity index (χ2n) is 5.45. The fraction of sp³-hybridized carbons (Fsp3) is 0.100. The summed E-state index contributed by atoms with van der Waals surface area (Å²) in [6, 6.07) is 18.8. The molecule has 5 nitrogen and oxygen atoms in total. The van der Waals surface area contributed by atoms with E-state index in [0.717, 1.165) is 16.7 Å². The van der Waals surface area contributed by atoms with Gasteiger partial charge >= 0.3 is 5.97 Å². The third-order valence-corrected chi connectivity index (χ3v) is 3.76. The normalized spacial score (nSPS) is 10.3. The maximum atomic E-state index is 11.5. The van der Waals surface area contributed by atoms with E-state index in [9.17, 15) is 4.79 Å². The van der Waals surface area contributed by atoms with E-state index in [1.54, 1.807) is 18.3 Å². The minimum atomic E-state index is -0.367. The Labute approximate surface area is 146 Å². The summed E-state index contributed by atoms with van der Waals surface area (Å²) in [4.78, 5) is 15.7. The summed E-state index contributed by atoms with van der Waals surface area (Å²) >= 11 is 0. The largest absolute Gasteiger partial charge is 0.485 e. The van der Waals surface area contributed by atoms with Crippen LogP contribution in [0.2, 0.25) is 0 Å². The summed E-state index contributed by atoms with van der Waals surface area (Å²) in [5.41, 5.74) is 9.22. The number of carbonyl (C=O) groups excluding carboxylic acids is 1. The average molecular weight is 334 g/mol. The number of pyridine rings is 1. The van der Waals surface area contributed by atoms with Gasteiger partial charge in [-0.25, -0.2) is 9.78 Å². The molecule has 0 saturated carbocycles. The zero-order valence-corrected chi connectivity index (χ0v) is 13.8. The number of methoxy groups -OCH3 is 1. The van der Waals surface area contributed by atoms with Crippen LogP contribution in [0.5, 0.6) is 5.75 Å². The maximum Gasteiger partial charge on any atom is 0.337 e. The van der Waals surface area contributed by atoms with Gasteiger partial charge in [0.1, 0.15) is 6.61 Å². The van der Waals surface area contributed by atoms with Crippen LogP contribution in [0.15, 0.2) is 66.9 Å². The average Bonchev–Trinajstić information content (AvgIpc) is 2.67. The fourth-order valence-electron chi connectivity index (χ4n) is 2.38. The molecule has 0 radical (unpaired) electrons. The minimum Gasteiger partial charge on any atom is -0.485 e. The third kappa shape index (κ3) is 3.95. The lowest BCUT2D eigenvalue weighted by Gasteiger charge is -2.10. The predicted octanol–water partition coefficient (Wildman–Crippen LogP) is 3.70. The second-order valence-corrected chi connectivity index (χ2v) is 5.45. The van der Waals surface area contributed by atoms with Crippen molar-refractivity contribution in [1.82, 2.24) is 4.98 Å². The molecule has 1 heterocycles. The lowest BCUT2D eigenvalue weighted by atomic mass is 10.1. The van der Waals surface area contributed by atoms with Crippen LogP contribution in [0, 0.1) is 0 Å². The molecule has 2 aromatic carbocycles. The molecule has 0 bridgehead atoms.